The van der Waals surface area contributed by atoms with E-state index in [-0.39, 0.29) is 5.69 Å². The van der Waals surface area contributed by atoms with E-state index < -0.39 is 18.0 Å². The summed E-state index contributed by atoms with van der Waals surface area (Å²) in [7, 11) is 0. The number of hydrogen-bond acceptors (Lipinski definition) is 5. The van der Waals surface area contributed by atoms with Gasteiger partial charge in [-0.2, -0.15) is 0 Å². The third-order valence-electron chi connectivity index (χ3n) is 3.75. The number of halogens is 2. The van der Waals surface area contributed by atoms with E-state index in [1.165, 1.54) is 12.3 Å². The molecular weight excluding hydrogens is 344 g/mol. The van der Waals surface area contributed by atoms with Crippen molar-refractivity contribution in [2.24, 2.45) is 0 Å². The summed E-state index contributed by atoms with van der Waals surface area (Å²) < 4.78 is 29.5. The maximum Gasteiger partial charge on any atom is 0.278 e. The molecule has 0 unspecified atom stereocenters. The highest BCUT2D eigenvalue weighted by Gasteiger charge is 2.14. The Morgan fingerprint density at radius 1 is 1.19 bits per heavy atom. The SMILES string of the molecule is O=[N+]([O-])c1ccc(NCc2cccc(OCC(F)F)c2)c2ccncc12. The third kappa shape index (κ3) is 4.02. The largest absolute Gasteiger partial charge is 0.488 e. The molecule has 3 rings (SSSR count). The molecule has 6 nitrogen and oxygen atoms in total. The normalized spacial score (nSPS) is 10.9. The van der Waals surface area contributed by atoms with Gasteiger partial charge in [-0.1, -0.05) is 12.1 Å². The first kappa shape index (κ1) is 17.5. The average molecular weight is 359 g/mol. The summed E-state index contributed by atoms with van der Waals surface area (Å²) in [6.07, 6.45) is 0.491. The maximum atomic E-state index is 12.2. The number of nitro benzene ring substituents is 1. The van der Waals surface area contributed by atoms with Gasteiger partial charge < -0.3 is 10.1 Å². The number of alkyl halides is 2. The summed E-state index contributed by atoms with van der Waals surface area (Å²) in [5.74, 6) is 0.363. The number of benzene rings is 2. The second-order valence-electron chi connectivity index (χ2n) is 5.51. The number of rotatable bonds is 7. The number of anilines is 1. The van der Waals surface area contributed by atoms with Crippen molar-refractivity contribution >= 4 is 22.1 Å². The first-order valence-corrected chi connectivity index (χ1v) is 7.79. The van der Waals surface area contributed by atoms with E-state index in [1.54, 1.807) is 36.5 Å². The highest BCUT2D eigenvalue weighted by molar-refractivity contribution is 5.99. The van der Waals surface area contributed by atoms with Crippen LogP contribution in [0, 0.1) is 10.1 Å². The Balaban J connectivity index is 1.79. The Morgan fingerprint density at radius 2 is 2.04 bits per heavy atom. The molecule has 0 radical (unpaired) electrons. The Labute approximate surface area is 147 Å². The lowest BCUT2D eigenvalue weighted by Gasteiger charge is -2.11. The van der Waals surface area contributed by atoms with Gasteiger partial charge in [0.25, 0.3) is 12.1 Å². The summed E-state index contributed by atoms with van der Waals surface area (Å²) in [6.45, 7) is -0.252. The standard InChI is InChI=1S/C18H15F2N3O3/c19-18(20)11-26-13-3-1-2-12(8-13)9-22-16-4-5-17(23(24)25)15-10-21-7-6-14(15)16/h1-8,10,18,22H,9,11H2. The second-order valence-corrected chi connectivity index (χ2v) is 5.51. The number of nitro groups is 1. The molecule has 0 aliphatic carbocycles. The van der Waals surface area contributed by atoms with E-state index in [2.05, 4.69) is 10.3 Å². The van der Waals surface area contributed by atoms with E-state index in [0.29, 0.717) is 28.8 Å². The summed E-state index contributed by atoms with van der Waals surface area (Å²) in [6, 6.07) is 11.6. The number of nitrogens with one attached hydrogen (secondary N) is 1. The molecule has 0 bridgehead atoms. The molecule has 0 saturated carbocycles. The van der Waals surface area contributed by atoms with Crippen LogP contribution >= 0.6 is 0 Å². The van der Waals surface area contributed by atoms with Crippen molar-refractivity contribution in [2.45, 2.75) is 13.0 Å². The second kappa shape index (κ2) is 7.73. The van der Waals surface area contributed by atoms with Gasteiger partial charge in [-0.05, 0) is 29.8 Å². The molecule has 26 heavy (non-hydrogen) atoms. The minimum atomic E-state index is -2.53. The van der Waals surface area contributed by atoms with Gasteiger partial charge in [-0.15, -0.1) is 0 Å². The number of hydrogen-bond donors (Lipinski definition) is 1. The van der Waals surface area contributed by atoms with Crippen LogP contribution in [0.1, 0.15) is 5.56 Å². The molecule has 8 heteroatoms. The van der Waals surface area contributed by atoms with Gasteiger partial charge in [0, 0.05) is 36.1 Å². The fourth-order valence-corrected chi connectivity index (χ4v) is 2.59. The quantitative estimate of drug-likeness (QED) is 0.500. The van der Waals surface area contributed by atoms with Gasteiger partial charge in [0.05, 0.1) is 10.3 Å². The molecule has 0 amide bonds. The van der Waals surface area contributed by atoms with Crippen LogP contribution in [-0.4, -0.2) is 22.9 Å². The Bertz CT molecular complexity index is 934. The van der Waals surface area contributed by atoms with Crippen molar-refractivity contribution in [3.8, 4) is 5.75 Å². The van der Waals surface area contributed by atoms with E-state index >= 15 is 0 Å². The fraction of sp³-hybridized carbons (Fsp3) is 0.167. The number of ether oxygens (including phenoxy) is 1. The molecule has 1 heterocycles. The fourth-order valence-electron chi connectivity index (χ4n) is 2.59. The molecule has 1 aromatic heterocycles. The van der Waals surface area contributed by atoms with Crippen molar-refractivity contribution in [1.82, 2.24) is 4.98 Å². The van der Waals surface area contributed by atoms with Crippen LogP contribution in [-0.2, 0) is 6.54 Å². The van der Waals surface area contributed by atoms with E-state index in [1.807, 2.05) is 6.07 Å². The number of non-ortho nitro benzene ring substituents is 1. The van der Waals surface area contributed by atoms with Crippen LogP contribution in [0.2, 0.25) is 0 Å². The van der Waals surface area contributed by atoms with Crippen LogP contribution in [0.4, 0.5) is 20.2 Å². The van der Waals surface area contributed by atoms with Crippen LogP contribution < -0.4 is 10.1 Å². The van der Waals surface area contributed by atoms with Crippen LogP contribution in [0.15, 0.2) is 54.9 Å². The van der Waals surface area contributed by atoms with E-state index in [4.69, 9.17) is 4.74 Å². The highest BCUT2D eigenvalue weighted by Crippen LogP contribution is 2.31. The Hall–Kier alpha value is -3.29. The summed E-state index contributed by atoms with van der Waals surface area (Å²) >= 11 is 0. The highest BCUT2D eigenvalue weighted by atomic mass is 19.3. The van der Waals surface area contributed by atoms with Crippen molar-refractivity contribution in [3.05, 3.63) is 70.5 Å². The molecule has 2 aromatic carbocycles. The third-order valence-corrected chi connectivity index (χ3v) is 3.75. The molecule has 0 spiro atoms. The van der Waals surface area contributed by atoms with Crippen molar-refractivity contribution < 1.29 is 18.4 Å². The molecule has 134 valence electrons. The lowest BCUT2D eigenvalue weighted by Crippen LogP contribution is -2.07. The summed E-state index contributed by atoms with van der Waals surface area (Å²) in [5, 5.41) is 15.5. The van der Waals surface area contributed by atoms with Crippen molar-refractivity contribution in [1.29, 1.82) is 0 Å². The summed E-state index contributed by atoms with van der Waals surface area (Å²) in [5.41, 5.74) is 1.53. The van der Waals surface area contributed by atoms with Gasteiger partial charge in [-0.25, -0.2) is 8.78 Å². The molecule has 0 atom stereocenters. The van der Waals surface area contributed by atoms with Gasteiger partial charge >= 0.3 is 0 Å². The van der Waals surface area contributed by atoms with Gasteiger partial charge in [-0.3, -0.25) is 15.1 Å². The van der Waals surface area contributed by atoms with Gasteiger partial charge in [0.15, 0.2) is 0 Å². The lowest BCUT2D eigenvalue weighted by atomic mass is 10.1. The average Bonchev–Trinajstić information content (AvgIpc) is 2.64. The van der Waals surface area contributed by atoms with Crippen LogP contribution in [0.25, 0.3) is 10.8 Å². The minimum Gasteiger partial charge on any atom is -0.488 e. The van der Waals surface area contributed by atoms with Crippen LogP contribution in [0.5, 0.6) is 5.75 Å². The molecule has 0 aliphatic heterocycles. The smallest absolute Gasteiger partial charge is 0.278 e. The Kier molecular flexibility index (Phi) is 5.21. The van der Waals surface area contributed by atoms with Crippen LogP contribution in [0.3, 0.4) is 0 Å². The van der Waals surface area contributed by atoms with Gasteiger partial charge in [0.2, 0.25) is 0 Å². The number of aromatic nitrogens is 1. The monoisotopic (exact) mass is 359 g/mol. The zero-order chi connectivity index (χ0) is 18.5. The predicted octanol–water partition coefficient (Wildman–Crippen LogP) is 4.40. The number of nitrogens with zero attached hydrogens (tertiary/aromatic N) is 2. The lowest BCUT2D eigenvalue weighted by molar-refractivity contribution is -0.383. The molecule has 0 aliphatic rings. The first-order valence-electron chi connectivity index (χ1n) is 7.79. The predicted molar refractivity (Wildman–Crippen MR) is 93.7 cm³/mol. The van der Waals surface area contributed by atoms with Gasteiger partial charge in [0.1, 0.15) is 12.4 Å². The van der Waals surface area contributed by atoms with E-state index in [9.17, 15) is 18.9 Å². The first-order chi connectivity index (χ1) is 12.5. The molecular formula is C18H15F2N3O3. The maximum absolute atomic E-state index is 12.2. The van der Waals surface area contributed by atoms with Crippen molar-refractivity contribution in [2.75, 3.05) is 11.9 Å². The zero-order valence-corrected chi connectivity index (χ0v) is 13.6. The zero-order valence-electron chi connectivity index (χ0n) is 13.6. The molecule has 1 N–H and O–H groups in total. The topological polar surface area (TPSA) is 77.3 Å². The molecule has 0 saturated heterocycles. The molecule has 3 aromatic rings. The van der Waals surface area contributed by atoms with Crippen molar-refractivity contribution in [3.63, 3.8) is 0 Å². The summed E-state index contributed by atoms with van der Waals surface area (Å²) in [4.78, 5) is 14.6. The Morgan fingerprint density at radius 3 is 2.81 bits per heavy atom. The number of pyridine rings is 1. The van der Waals surface area contributed by atoms with E-state index in [0.717, 1.165) is 5.56 Å². The molecule has 0 fully saturated rings. The minimum absolute atomic E-state index is 0.0129. The number of fused-ring (bicyclic) bond motifs is 1.